The quantitative estimate of drug-likeness (QED) is 0.604. The summed E-state index contributed by atoms with van der Waals surface area (Å²) in [5.41, 5.74) is 3.81. The summed E-state index contributed by atoms with van der Waals surface area (Å²) in [4.78, 5) is 5.82. The first-order chi connectivity index (χ1) is 7.88. The summed E-state index contributed by atoms with van der Waals surface area (Å²) in [5, 5.41) is 1.13. The second kappa shape index (κ2) is 5.91. The van der Waals surface area contributed by atoms with Crippen molar-refractivity contribution in [1.82, 2.24) is 10.4 Å². The van der Waals surface area contributed by atoms with E-state index in [2.05, 4.69) is 31.2 Å². The van der Waals surface area contributed by atoms with Crippen molar-refractivity contribution < 1.29 is 4.74 Å². The van der Waals surface area contributed by atoms with Crippen LogP contribution >= 0.6 is 11.3 Å². The minimum absolute atomic E-state index is 0.168. The number of hydrogen-bond donors (Lipinski definition) is 2. The third-order valence-corrected chi connectivity index (χ3v) is 4.12. The van der Waals surface area contributed by atoms with Gasteiger partial charge in [-0.3, -0.25) is 11.3 Å². The van der Waals surface area contributed by atoms with Crippen LogP contribution < -0.4 is 11.3 Å². The molecule has 3 N–H and O–H groups in total. The molecule has 1 atom stereocenters. The van der Waals surface area contributed by atoms with Crippen molar-refractivity contribution in [2.75, 3.05) is 7.11 Å². The van der Waals surface area contributed by atoms with Crippen molar-refractivity contribution in [1.29, 1.82) is 0 Å². The topological polar surface area (TPSA) is 60.2 Å². The molecule has 0 radical (unpaired) electrons. The highest BCUT2D eigenvalue weighted by Gasteiger charge is 2.23. The molecule has 1 unspecified atom stereocenters. The number of hydrogen-bond acceptors (Lipinski definition) is 5. The van der Waals surface area contributed by atoms with Gasteiger partial charge in [-0.05, 0) is 34.1 Å². The lowest BCUT2D eigenvalue weighted by Crippen LogP contribution is -2.42. The Kier molecular flexibility index (Phi) is 5.06. The standard InChI is InChI=1S/C12H23N3OS/c1-8-9(2)17-11(14-8)6-10(15-13)7-12(3,4)16-5/h10,15H,6-7,13H2,1-5H3. The van der Waals surface area contributed by atoms with Gasteiger partial charge in [0.1, 0.15) is 0 Å². The van der Waals surface area contributed by atoms with E-state index in [1.165, 1.54) is 4.88 Å². The van der Waals surface area contributed by atoms with Gasteiger partial charge in [-0.2, -0.15) is 0 Å². The van der Waals surface area contributed by atoms with Crippen LogP contribution in [0.3, 0.4) is 0 Å². The molecular weight excluding hydrogens is 234 g/mol. The number of thiazole rings is 1. The van der Waals surface area contributed by atoms with Crippen LogP contribution in [0.25, 0.3) is 0 Å². The number of methoxy groups -OCH3 is 1. The number of aryl methyl sites for hydroxylation is 2. The average Bonchev–Trinajstić information content (AvgIpc) is 2.57. The molecule has 17 heavy (non-hydrogen) atoms. The molecule has 0 bridgehead atoms. The Hall–Kier alpha value is -0.490. The van der Waals surface area contributed by atoms with Gasteiger partial charge in [0.15, 0.2) is 0 Å². The van der Waals surface area contributed by atoms with Crippen molar-refractivity contribution in [2.24, 2.45) is 5.84 Å². The van der Waals surface area contributed by atoms with E-state index in [9.17, 15) is 0 Å². The molecular formula is C12H23N3OS. The van der Waals surface area contributed by atoms with E-state index in [0.717, 1.165) is 23.5 Å². The van der Waals surface area contributed by atoms with E-state index in [0.29, 0.717) is 0 Å². The summed E-state index contributed by atoms with van der Waals surface area (Å²) in [6.07, 6.45) is 1.71. The van der Waals surface area contributed by atoms with Crippen LogP contribution in [0.5, 0.6) is 0 Å². The van der Waals surface area contributed by atoms with E-state index < -0.39 is 0 Å². The minimum Gasteiger partial charge on any atom is -0.379 e. The van der Waals surface area contributed by atoms with Gasteiger partial charge in [0.05, 0.1) is 16.3 Å². The Balaban J connectivity index is 2.64. The summed E-state index contributed by atoms with van der Waals surface area (Å²) in [5.74, 6) is 5.60. The van der Waals surface area contributed by atoms with Crippen LogP contribution in [0.4, 0.5) is 0 Å². The van der Waals surface area contributed by atoms with Crippen molar-refractivity contribution >= 4 is 11.3 Å². The van der Waals surface area contributed by atoms with Gasteiger partial charge in [-0.1, -0.05) is 0 Å². The first-order valence-corrected chi connectivity index (χ1v) is 6.64. The molecule has 1 aromatic rings. The number of rotatable bonds is 6. The summed E-state index contributed by atoms with van der Waals surface area (Å²) in [6, 6.07) is 0.190. The van der Waals surface area contributed by atoms with Crippen LogP contribution in [-0.2, 0) is 11.2 Å². The molecule has 98 valence electrons. The Morgan fingerprint density at radius 2 is 2.12 bits per heavy atom. The maximum absolute atomic E-state index is 5.60. The Labute approximate surface area is 108 Å². The van der Waals surface area contributed by atoms with Crippen LogP contribution in [0.15, 0.2) is 0 Å². The van der Waals surface area contributed by atoms with Crippen LogP contribution in [-0.4, -0.2) is 23.7 Å². The molecule has 0 saturated heterocycles. The van der Waals surface area contributed by atoms with E-state index in [4.69, 9.17) is 10.6 Å². The van der Waals surface area contributed by atoms with E-state index in [-0.39, 0.29) is 11.6 Å². The lowest BCUT2D eigenvalue weighted by Gasteiger charge is -2.27. The third-order valence-electron chi connectivity index (χ3n) is 3.02. The molecule has 5 heteroatoms. The normalized spacial score (nSPS) is 14.0. The fourth-order valence-electron chi connectivity index (χ4n) is 1.70. The maximum atomic E-state index is 5.60. The van der Waals surface area contributed by atoms with Crippen molar-refractivity contribution in [2.45, 2.75) is 52.2 Å². The van der Waals surface area contributed by atoms with E-state index in [1.54, 1.807) is 18.4 Å². The molecule has 0 aliphatic rings. The van der Waals surface area contributed by atoms with Gasteiger partial charge in [0.25, 0.3) is 0 Å². The molecule has 0 amide bonds. The number of nitrogens with zero attached hydrogens (tertiary/aromatic N) is 1. The highest BCUT2D eigenvalue weighted by molar-refractivity contribution is 7.11. The Morgan fingerprint density at radius 1 is 1.47 bits per heavy atom. The molecule has 1 aromatic heterocycles. The van der Waals surface area contributed by atoms with Crippen molar-refractivity contribution in [3.63, 3.8) is 0 Å². The Bertz CT molecular complexity index is 343. The number of hydrazine groups is 1. The van der Waals surface area contributed by atoms with Crippen LogP contribution in [0.1, 0.15) is 35.8 Å². The zero-order valence-electron chi connectivity index (χ0n) is 11.3. The van der Waals surface area contributed by atoms with Gasteiger partial charge in [-0.25, -0.2) is 4.98 Å². The lowest BCUT2D eigenvalue weighted by molar-refractivity contribution is 0.00710. The zero-order valence-corrected chi connectivity index (χ0v) is 12.1. The second-order valence-electron chi connectivity index (χ2n) is 4.98. The van der Waals surface area contributed by atoms with Crippen molar-refractivity contribution in [3.8, 4) is 0 Å². The maximum Gasteiger partial charge on any atom is 0.0946 e. The summed E-state index contributed by atoms with van der Waals surface area (Å²) in [7, 11) is 1.73. The third kappa shape index (κ3) is 4.35. The molecule has 0 spiro atoms. The predicted octanol–water partition coefficient (Wildman–Crippen LogP) is 1.95. The second-order valence-corrected chi connectivity index (χ2v) is 6.27. The monoisotopic (exact) mass is 257 g/mol. The van der Waals surface area contributed by atoms with Gasteiger partial charge in [-0.15, -0.1) is 11.3 Å². The molecule has 0 aliphatic heterocycles. The average molecular weight is 257 g/mol. The molecule has 0 aliphatic carbocycles. The molecule has 0 saturated carbocycles. The number of nitrogens with two attached hydrogens (primary N) is 1. The molecule has 4 nitrogen and oxygen atoms in total. The lowest BCUT2D eigenvalue weighted by atomic mass is 9.97. The molecule has 0 aromatic carbocycles. The largest absolute Gasteiger partial charge is 0.379 e. The SMILES string of the molecule is COC(C)(C)CC(Cc1nc(C)c(C)s1)NN. The fraction of sp³-hybridized carbons (Fsp3) is 0.750. The highest BCUT2D eigenvalue weighted by atomic mass is 32.1. The minimum atomic E-state index is -0.168. The summed E-state index contributed by atoms with van der Waals surface area (Å²) in [6.45, 7) is 8.27. The van der Waals surface area contributed by atoms with E-state index in [1.807, 2.05) is 6.92 Å². The van der Waals surface area contributed by atoms with Gasteiger partial charge < -0.3 is 4.74 Å². The van der Waals surface area contributed by atoms with Crippen LogP contribution in [0, 0.1) is 13.8 Å². The number of ether oxygens (including phenoxy) is 1. The number of aromatic nitrogens is 1. The highest BCUT2D eigenvalue weighted by Crippen LogP contribution is 2.21. The van der Waals surface area contributed by atoms with Gasteiger partial charge >= 0.3 is 0 Å². The van der Waals surface area contributed by atoms with Gasteiger partial charge in [0.2, 0.25) is 0 Å². The molecule has 1 rings (SSSR count). The Morgan fingerprint density at radius 3 is 2.53 bits per heavy atom. The fourth-order valence-corrected chi connectivity index (χ4v) is 2.72. The molecule has 0 fully saturated rings. The van der Waals surface area contributed by atoms with Crippen LogP contribution in [0.2, 0.25) is 0 Å². The predicted molar refractivity (Wildman–Crippen MR) is 72.1 cm³/mol. The first-order valence-electron chi connectivity index (χ1n) is 5.82. The number of nitrogens with one attached hydrogen (secondary N) is 1. The van der Waals surface area contributed by atoms with Gasteiger partial charge in [0, 0.05) is 24.4 Å². The zero-order chi connectivity index (χ0) is 13.1. The van der Waals surface area contributed by atoms with E-state index >= 15 is 0 Å². The first kappa shape index (κ1) is 14.6. The smallest absolute Gasteiger partial charge is 0.0946 e. The summed E-state index contributed by atoms with van der Waals surface area (Å²) < 4.78 is 5.42. The van der Waals surface area contributed by atoms with Crippen molar-refractivity contribution in [3.05, 3.63) is 15.6 Å². The summed E-state index contributed by atoms with van der Waals surface area (Å²) >= 11 is 1.74. The molecule has 1 heterocycles.